The molecule has 2 unspecified atom stereocenters. The van der Waals surface area contributed by atoms with Gasteiger partial charge < -0.3 is 5.73 Å². The second-order valence-corrected chi connectivity index (χ2v) is 5.25. The number of urea groups is 1. The van der Waals surface area contributed by atoms with Gasteiger partial charge in [-0.05, 0) is 29.8 Å². The number of fused-ring (bicyclic) bond motifs is 1. The zero-order chi connectivity index (χ0) is 15.7. The molecule has 0 aliphatic carbocycles. The van der Waals surface area contributed by atoms with Gasteiger partial charge in [-0.15, -0.1) is 0 Å². The zero-order valence-electron chi connectivity index (χ0n) is 12.1. The Hall–Kier alpha value is -2.57. The molecule has 6 heteroatoms. The van der Waals surface area contributed by atoms with Crippen LogP contribution in [0.2, 0.25) is 0 Å². The lowest BCUT2D eigenvalue weighted by atomic mass is 10.0. The summed E-state index contributed by atoms with van der Waals surface area (Å²) in [5, 5.41) is 12.3. The van der Waals surface area contributed by atoms with Gasteiger partial charge in [0.1, 0.15) is 6.10 Å². The molecule has 0 radical (unpaired) electrons. The van der Waals surface area contributed by atoms with Crippen molar-refractivity contribution in [2.75, 3.05) is 0 Å². The molecule has 0 spiro atoms. The molecular weight excluding hydrogens is 282 g/mol. The molecule has 3 rings (SSSR count). The van der Waals surface area contributed by atoms with Crippen molar-refractivity contribution in [3.05, 3.63) is 54.1 Å². The number of primary amides is 1. The fraction of sp³-hybridized carbons (Fsp3) is 0.188. The van der Waals surface area contributed by atoms with E-state index >= 15 is 0 Å². The highest BCUT2D eigenvalue weighted by molar-refractivity contribution is 5.86. The standard InChI is InChI=1S/C16H17N3O3/c1-10(19(21)16(17)20)15-9-14(18-22-15)13-7-6-11-4-2-3-5-12(11)8-13/h2-10,15,18,21H,1H3,(H2,17,20). The van der Waals surface area contributed by atoms with Crippen LogP contribution >= 0.6 is 0 Å². The molecule has 2 aromatic rings. The fourth-order valence-electron chi connectivity index (χ4n) is 2.45. The molecule has 0 saturated carbocycles. The predicted octanol–water partition coefficient (Wildman–Crippen LogP) is 2.24. The first-order valence-corrected chi connectivity index (χ1v) is 6.96. The predicted molar refractivity (Wildman–Crippen MR) is 82.6 cm³/mol. The van der Waals surface area contributed by atoms with E-state index in [1.165, 1.54) is 0 Å². The molecule has 0 aromatic heterocycles. The van der Waals surface area contributed by atoms with Crippen molar-refractivity contribution in [2.45, 2.75) is 19.1 Å². The number of rotatable bonds is 3. The van der Waals surface area contributed by atoms with E-state index in [4.69, 9.17) is 10.6 Å². The minimum Gasteiger partial charge on any atom is -0.350 e. The van der Waals surface area contributed by atoms with Crippen LogP contribution in [0.5, 0.6) is 0 Å². The van der Waals surface area contributed by atoms with Gasteiger partial charge in [-0.25, -0.2) is 9.86 Å². The van der Waals surface area contributed by atoms with Crippen molar-refractivity contribution in [2.24, 2.45) is 5.73 Å². The van der Waals surface area contributed by atoms with E-state index in [2.05, 4.69) is 11.5 Å². The number of carbonyl (C=O) groups is 1. The molecule has 1 aliphatic rings. The Bertz CT molecular complexity index is 744. The zero-order valence-corrected chi connectivity index (χ0v) is 12.1. The van der Waals surface area contributed by atoms with Gasteiger partial charge >= 0.3 is 6.03 Å². The minimum atomic E-state index is -0.913. The SMILES string of the molecule is CC(C1C=C(c2ccc3ccccc3c2)NO1)N(O)C(N)=O. The Balaban J connectivity index is 1.85. The topological polar surface area (TPSA) is 87.8 Å². The lowest BCUT2D eigenvalue weighted by Gasteiger charge is -2.23. The summed E-state index contributed by atoms with van der Waals surface area (Å²) in [7, 11) is 0. The first-order valence-electron chi connectivity index (χ1n) is 6.96. The van der Waals surface area contributed by atoms with Gasteiger partial charge in [0.15, 0.2) is 0 Å². The molecular formula is C16H17N3O3. The summed E-state index contributed by atoms with van der Waals surface area (Å²) >= 11 is 0. The van der Waals surface area contributed by atoms with Crippen LogP contribution < -0.4 is 11.2 Å². The Kier molecular flexibility index (Phi) is 3.70. The number of hydrogen-bond donors (Lipinski definition) is 3. The number of nitrogens with one attached hydrogen (secondary N) is 1. The van der Waals surface area contributed by atoms with Crippen LogP contribution in [0.25, 0.3) is 16.5 Å². The summed E-state index contributed by atoms with van der Waals surface area (Å²) < 4.78 is 0. The van der Waals surface area contributed by atoms with Crippen molar-refractivity contribution in [3.63, 3.8) is 0 Å². The summed E-state index contributed by atoms with van der Waals surface area (Å²) in [5.74, 6) is 0. The van der Waals surface area contributed by atoms with Crippen molar-refractivity contribution in [1.29, 1.82) is 0 Å². The molecule has 6 nitrogen and oxygen atoms in total. The second-order valence-electron chi connectivity index (χ2n) is 5.25. The van der Waals surface area contributed by atoms with Gasteiger partial charge in [0.25, 0.3) is 0 Å². The van der Waals surface area contributed by atoms with Crippen molar-refractivity contribution in [3.8, 4) is 0 Å². The maximum Gasteiger partial charge on any atom is 0.338 e. The van der Waals surface area contributed by atoms with E-state index in [0.717, 1.165) is 22.0 Å². The average Bonchev–Trinajstić information content (AvgIpc) is 3.02. The summed E-state index contributed by atoms with van der Waals surface area (Å²) in [5.41, 5.74) is 9.65. The molecule has 0 saturated heterocycles. The third-order valence-electron chi connectivity index (χ3n) is 3.78. The molecule has 2 aromatic carbocycles. The highest BCUT2D eigenvalue weighted by atomic mass is 16.7. The van der Waals surface area contributed by atoms with E-state index in [1.54, 1.807) is 6.92 Å². The van der Waals surface area contributed by atoms with Gasteiger partial charge in [0.05, 0.1) is 11.7 Å². The van der Waals surface area contributed by atoms with Crippen molar-refractivity contribution >= 4 is 22.5 Å². The molecule has 2 atom stereocenters. The van der Waals surface area contributed by atoms with Crippen LogP contribution in [0.4, 0.5) is 4.79 Å². The Morgan fingerprint density at radius 1 is 1.32 bits per heavy atom. The molecule has 1 aliphatic heterocycles. The number of amides is 2. The van der Waals surface area contributed by atoms with Gasteiger partial charge in [-0.3, -0.25) is 15.5 Å². The molecule has 1 heterocycles. The molecule has 2 amide bonds. The number of hydroxylamine groups is 3. The monoisotopic (exact) mass is 299 g/mol. The number of benzene rings is 2. The van der Waals surface area contributed by atoms with E-state index < -0.39 is 18.2 Å². The van der Waals surface area contributed by atoms with Crippen LogP contribution in [0.3, 0.4) is 0 Å². The number of hydrogen-bond acceptors (Lipinski definition) is 4. The third-order valence-corrected chi connectivity index (χ3v) is 3.78. The first-order chi connectivity index (χ1) is 10.6. The van der Waals surface area contributed by atoms with Crippen molar-refractivity contribution < 1.29 is 14.8 Å². The highest BCUT2D eigenvalue weighted by Crippen LogP contribution is 2.24. The minimum absolute atomic E-state index is 0.464. The van der Waals surface area contributed by atoms with Gasteiger partial charge in [-0.2, -0.15) is 0 Å². The first kappa shape index (κ1) is 14.4. The van der Waals surface area contributed by atoms with Crippen molar-refractivity contribution in [1.82, 2.24) is 10.5 Å². The second kappa shape index (κ2) is 5.67. The molecule has 114 valence electrons. The van der Waals surface area contributed by atoms with E-state index in [1.807, 2.05) is 42.5 Å². The molecule has 22 heavy (non-hydrogen) atoms. The Morgan fingerprint density at radius 2 is 2.05 bits per heavy atom. The molecule has 0 fully saturated rings. The van der Waals surface area contributed by atoms with Gasteiger partial charge in [-0.1, -0.05) is 36.4 Å². The van der Waals surface area contributed by atoms with E-state index in [0.29, 0.717) is 5.06 Å². The molecule has 0 bridgehead atoms. The fourth-order valence-corrected chi connectivity index (χ4v) is 2.45. The smallest absolute Gasteiger partial charge is 0.338 e. The van der Waals surface area contributed by atoms with Gasteiger partial charge in [0, 0.05) is 5.56 Å². The summed E-state index contributed by atoms with van der Waals surface area (Å²) in [6.45, 7) is 1.65. The summed E-state index contributed by atoms with van der Waals surface area (Å²) in [6, 6.07) is 12.6. The summed E-state index contributed by atoms with van der Waals surface area (Å²) in [6.07, 6.45) is 1.33. The maximum absolute atomic E-state index is 11.0. The Morgan fingerprint density at radius 3 is 2.77 bits per heavy atom. The Labute approximate surface area is 127 Å². The lowest BCUT2D eigenvalue weighted by Crippen LogP contribution is -2.45. The summed E-state index contributed by atoms with van der Waals surface area (Å²) in [4.78, 5) is 16.4. The van der Waals surface area contributed by atoms with E-state index in [9.17, 15) is 10.0 Å². The lowest BCUT2D eigenvalue weighted by molar-refractivity contribution is -0.111. The van der Waals surface area contributed by atoms with Crippen LogP contribution in [0.1, 0.15) is 12.5 Å². The van der Waals surface area contributed by atoms with Gasteiger partial charge in [0.2, 0.25) is 0 Å². The van der Waals surface area contributed by atoms with E-state index in [-0.39, 0.29) is 0 Å². The quantitative estimate of drug-likeness (QED) is 0.599. The average molecular weight is 299 g/mol. The molecule has 4 N–H and O–H groups in total. The highest BCUT2D eigenvalue weighted by Gasteiger charge is 2.29. The maximum atomic E-state index is 11.0. The van der Waals surface area contributed by atoms with Crippen LogP contribution in [-0.2, 0) is 4.84 Å². The normalized spacial score (nSPS) is 18.6. The third kappa shape index (κ3) is 2.61. The number of nitrogens with two attached hydrogens (primary N) is 1. The number of carbonyl (C=O) groups excluding carboxylic acids is 1. The largest absolute Gasteiger partial charge is 0.350 e. The van der Waals surface area contributed by atoms with Crippen LogP contribution in [0, 0.1) is 0 Å². The van der Waals surface area contributed by atoms with Crippen LogP contribution in [-0.4, -0.2) is 28.4 Å². The number of nitrogens with zero attached hydrogens (tertiary/aromatic N) is 1. The van der Waals surface area contributed by atoms with Crippen LogP contribution in [0.15, 0.2) is 48.5 Å².